The van der Waals surface area contributed by atoms with Crippen LogP contribution in [0.25, 0.3) is 0 Å². The number of aliphatic hydroxyl groups is 1. The molecule has 0 aromatic carbocycles. The fraction of sp³-hybridized carbons (Fsp3) is 0.933. The van der Waals surface area contributed by atoms with Crippen LogP contribution in [0.5, 0.6) is 0 Å². The maximum atomic E-state index is 11.8. The molecular formula is C15H28N2O2. The highest BCUT2D eigenvalue weighted by Gasteiger charge is 2.37. The second kappa shape index (κ2) is 5.41. The first kappa shape index (κ1) is 14.8. The molecule has 0 saturated heterocycles. The number of hydrogen-bond donors (Lipinski definition) is 3. The third kappa shape index (κ3) is 4.46. The van der Waals surface area contributed by atoms with Crippen LogP contribution >= 0.6 is 0 Å². The van der Waals surface area contributed by atoms with Gasteiger partial charge in [0.05, 0.1) is 11.6 Å². The number of rotatable bonds is 5. The van der Waals surface area contributed by atoms with Gasteiger partial charge < -0.3 is 15.7 Å². The van der Waals surface area contributed by atoms with Crippen molar-refractivity contribution in [2.75, 3.05) is 6.54 Å². The quantitative estimate of drug-likeness (QED) is 0.709. The highest BCUT2D eigenvalue weighted by molar-refractivity contribution is 5.81. The third-order valence-corrected chi connectivity index (χ3v) is 4.59. The van der Waals surface area contributed by atoms with E-state index in [2.05, 4.69) is 24.5 Å². The second-order valence-electron chi connectivity index (χ2n) is 7.27. The molecule has 0 radical (unpaired) electrons. The first-order valence-corrected chi connectivity index (χ1v) is 7.56. The van der Waals surface area contributed by atoms with Gasteiger partial charge in [-0.2, -0.15) is 0 Å². The van der Waals surface area contributed by atoms with Crippen molar-refractivity contribution in [2.45, 2.75) is 77.0 Å². The molecule has 2 aliphatic rings. The molecule has 0 spiro atoms. The van der Waals surface area contributed by atoms with Gasteiger partial charge in [-0.15, -0.1) is 0 Å². The summed E-state index contributed by atoms with van der Waals surface area (Å²) in [6, 6.07) is 0.176. The summed E-state index contributed by atoms with van der Waals surface area (Å²) in [5, 5.41) is 16.7. The summed E-state index contributed by atoms with van der Waals surface area (Å²) in [5.74, 6) is 0.0576. The van der Waals surface area contributed by atoms with Crippen LogP contribution in [0.1, 0.15) is 59.3 Å². The standard InChI is InChI=1S/C15H28N2O2/c1-11(13(18)17-12-4-5-12)16-10-15(19)8-6-14(2,3)7-9-15/h11-12,16,19H,4-10H2,1-3H3,(H,17,18). The number of nitrogens with one attached hydrogen (secondary N) is 2. The molecule has 4 heteroatoms. The Morgan fingerprint density at radius 1 is 1.26 bits per heavy atom. The van der Waals surface area contributed by atoms with Crippen molar-refractivity contribution in [1.82, 2.24) is 10.6 Å². The van der Waals surface area contributed by atoms with Gasteiger partial charge in [0.1, 0.15) is 0 Å². The van der Waals surface area contributed by atoms with E-state index in [0.29, 0.717) is 18.0 Å². The molecule has 0 bridgehead atoms. The zero-order valence-electron chi connectivity index (χ0n) is 12.5. The van der Waals surface area contributed by atoms with Gasteiger partial charge >= 0.3 is 0 Å². The number of amides is 1. The minimum atomic E-state index is -0.635. The van der Waals surface area contributed by atoms with E-state index in [1.165, 1.54) is 0 Å². The summed E-state index contributed by atoms with van der Waals surface area (Å²) in [6.45, 7) is 6.90. The van der Waals surface area contributed by atoms with Gasteiger partial charge in [0.15, 0.2) is 0 Å². The van der Waals surface area contributed by atoms with Gasteiger partial charge in [-0.05, 0) is 50.9 Å². The predicted molar refractivity (Wildman–Crippen MR) is 75.8 cm³/mol. The van der Waals surface area contributed by atoms with E-state index in [1.807, 2.05) is 6.92 Å². The van der Waals surface area contributed by atoms with E-state index >= 15 is 0 Å². The molecule has 2 aliphatic carbocycles. The van der Waals surface area contributed by atoms with Crippen molar-refractivity contribution >= 4 is 5.91 Å². The van der Waals surface area contributed by atoms with Gasteiger partial charge in [0.25, 0.3) is 0 Å². The minimum Gasteiger partial charge on any atom is -0.389 e. The van der Waals surface area contributed by atoms with Crippen LogP contribution in [0, 0.1) is 5.41 Å². The fourth-order valence-corrected chi connectivity index (χ4v) is 2.56. The molecule has 110 valence electrons. The lowest BCUT2D eigenvalue weighted by Crippen LogP contribution is -2.51. The van der Waals surface area contributed by atoms with Crippen molar-refractivity contribution in [3.05, 3.63) is 0 Å². The van der Waals surface area contributed by atoms with E-state index in [9.17, 15) is 9.90 Å². The number of hydrogen-bond acceptors (Lipinski definition) is 3. The molecule has 2 fully saturated rings. The lowest BCUT2D eigenvalue weighted by Gasteiger charge is -2.40. The van der Waals surface area contributed by atoms with Crippen LogP contribution in [-0.4, -0.2) is 35.2 Å². The molecule has 1 unspecified atom stereocenters. The van der Waals surface area contributed by atoms with Crippen LogP contribution in [0.3, 0.4) is 0 Å². The highest BCUT2D eigenvalue weighted by Crippen LogP contribution is 2.39. The Hall–Kier alpha value is -0.610. The maximum Gasteiger partial charge on any atom is 0.237 e. The third-order valence-electron chi connectivity index (χ3n) is 4.59. The van der Waals surface area contributed by atoms with Crippen molar-refractivity contribution in [1.29, 1.82) is 0 Å². The lowest BCUT2D eigenvalue weighted by molar-refractivity contribution is -0.123. The molecule has 1 amide bonds. The van der Waals surface area contributed by atoms with Crippen molar-refractivity contribution in [2.24, 2.45) is 5.41 Å². The normalized spacial score (nSPS) is 26.7. The largest absolute Gasteiger partial charge is 0.389 e. The molecule has 4 nitrogen and oxygen atoms in total. The Morgan fingerprint density at radius 2 is 1.84 bits per heavy atom. The van der Waals surface area contributed by atoms with Crippen LogP contribution in [0.2, 0.25) is 0 Å². The zero-order valence-corrected chi connectivity index (χ0v) is 12.5. The van der Waals surface area contributed by atoms with Crippen LogP contribution in [-0.2, 0) is 4.79 Å². The zero-order chi connectivity index (χ0) is 14.1. The van der Waals surface area contributed by atoms with Crippen molar-refractivity contribution < 1.29 is 9.90 Å². The average Bonchev–Trinajstić information content (AvgIpc) is 3.15. The molecule has 0 aliphatic heterocycles. The molecule has 2 rings (SSSR count). The van der Waals surface area contributed by atoms with Gasteiger partial charge in [-0.25, -0.2) is 0 Å². The molecule has 2 saturated carbocycles. The summed E-state index contributed by atoms with van der Waals surface area (Å²) in [4.78, 5) is 11.8. The smallest absolute Gasteiger partial charge is 0.237 e. The highest BCUT2D eigenvalue weighted by atomic mass is 16.3. The van der Waals surface area contributed by atoms with E-state index in [0.717, 1.165) is 38.5 Å². The number of carbonyl (C=O) groups excluding carboxylic acids is 1. The van der Waals surface area contributed by atoms with Gasteiger partial charge in [-0.3, -0.25) is 4.79 Å². The summed E-state index contributed by atoms with van der Waals surface area (Å²) in [7, 11) is 0. The molecule has 19 heavy (non-hydrogen) atoms. The first-order chi connectivity index (χ1) is 8.80. The van der Waals surface area contributed by atoms with Gasteiger partial charge in [0, 0.05) is 12.6 Å². The Morgan fingerprint density at radius 3 is 2.37 bits per heavy atom. The Balaban J connectivity index is 1.73. The molecule has 1 atom stereocenters. The van der Waals surface area contributed by atoms with E-state index in [4.69, 9.17) is 0 Å². The summed E-state index contributed by atoms with van der Waals surface area (Å²) in [5.41, 5.74) is -0.287. The Kier molecular flexibility index (Phi) is 4.21. The SMILES string of the molecule is CC(NCC1(O)CCC(C)(C)CC1)C(=O)NC1CC1. The van der Waals surface area contributed by atoms with Gasteiger partial charge in [0.2, 0.25) is 5.91 Å². The molecular weight excluding hydrogens is 240 g/mol. The van der Waals surface area contributed by atoms with Crippen molar-refractivity contribution in [3.63, 3.8) is 0 Å². The molecule has 0 aromatic heterocycles. The molecule has 0 heterocycles. The predicted octanol–water partition coefficient (Wildman–Crippen LogP) is 1.57. The summed E-state index contributed by atoms with van der Waals surface area (Å²) in [6.07, 6.45) is 5.96. The van der Waals surface area contributed by atoms with E-state index in [-0.39, 0.29) is 11.9 Å². The van der Waals surface area contributed by atoms with E-state index in [1.54, 1.807) is 0 Å². The maximum absolute atomic E-state index is 11.8. The van der Waals surface area contributed by atoms with Gasteiger partial charge in [-0.1, -0.05) is 13.8 Å². The Bertz CT molecular complexity index is 327. The minimum absolute atomic E-state index is 0.0576. The topological polar surface area (TPSA) is 61.4 Å². The van der Waals surface area contributed by atoms with Crippen molar-refractivity contribution in [3.8, 4) is 0 Å². The van der Waals surface area contributed by atoms with Crippen LogP contribution in [0.4, 0.5) is 0 Å². The molecule has 0 aromatic rings. The lowest BCUT2D eigenvalue weighted by atomic mass is 9.71. The van der Waals surface area contributed by atoms with E-state index < -0.39 is 5.60 Å². The summed E-state index contributed by atoms with van der Waals surface area (Å²) >= 11 is 0. The van der Waals surface area contributed by atoms with Crippen LogP contribution < -0.4 is 10.6 Å². The second-order valence-corrected chi connectivity index (χ2v) is 7.27. The fourth-order valence-electron chi connectivity index (χ4n) is 2.56. The first-order valence-electron chi connectivity index (χ1n) is 7.56. The summed E-state index contributed by atoms with van der Waals surface area (Å²) < 4.78 is 0. The Labute approximate surface area is 116 Å². The monoisotopic (exact) mass is 268 g/mol. The average molecular weight is 268 g/mol. The molecule has 3 N–H and O–H groups in total. The number of carbonyl (C=O) groups is 1. The van der Waals surface area contributed by atoms with Crippen LogP contribution in [0.15, 0.2) is 0 Å².